The van der Waals surface area contributed by atoms with Crippen LogP contribution in [0.4, 0.5) is 0 Å². The minimum absolute atomic E-state index is 0.0323. The Bertz CT molecular complexity index is 358. The number of aliphatic carboxylic acids is 1. The first-order valence-electron chi connectivity index (χ1n) is 5.50. The first kappa shape index (κ1) is 11.1. The fourth-order valence-electron chi connectivity index (χ4n) is 1.82. The van der Waals surface area contributed by atoms with Crippen LogP contribution in [0.15, 0.2) is 4.52 Å². The van der Waals surface area contributed by atoms with Gasteiger partial charge >= 0.3 is 5.97 Å². The largest absolute Gasteiger partial charge is 0.481 e. The monoisotopic (exact) mass is 225 g/mol. The Morgan fingerprint density at radius 1 is 1.62 bits per heavy atom. The Labute approximate surface area is 93.0 Å². The number of nitrogens with one attached hydrogen (secondary N) is 1. The number of carbonyl (C=O) groups is 1. The van der Waals surface area contributed by atoms with Gasteiger partial charge in [-0.25, -0.2) is 0 Å². The van der Waals surface area contributed by atoms with Crippen molar-refractivity contribution in [2.45, 2.75) is 31.6 Å². The van der Waals surface area contributed by atoms with Crippen LogP contribution in [0.25, 0.3) is 0 Å². The number of carboxylic acid groups (broad SMARTS) is 1. The van der Waals surface area contributed by atoms with Crippen molar-refractivity contribution in [3.05, 3.63) is 11.7 Å². The number of hydrogen-bond donors (Lipinski definition) is 2. The molecular weight excluding hydrogens is 210 g/mol. The molecule has 6 nitrogen and oxygen atoms in total. The molecule has 2 heterocycles. The molecule has 88 valence electrons. The molecule has 1 aromatic heterocycles. The highest BCUT2D eigenvalue weighted by molar-refractivity contribution is 5.66. The number of hydrogen-bond acceptors (Lipinski definition) is 5. The number of aryl methyl sites for hydroxylation is 1. The average molecular weight is 225 g/mol. The SMILES string of the molecule is O=C(O)CCc1nc(C2CCCNC2)no1. The molecule has 0 amide bonds. The molecule has 1 unspecified atom stereocenters. The molecule has 16 heavy (non-hydrogen) atoms. The zero-order chi connectivity index (χ0) is 11.4. The van der Waals surface area contributed by atoms with E-state index in [1.165, 1.54) is 0 Å². The Balaban J connectivity index is 1.93. The molecule has 1 aromatic rings. The van der Waals surface area contributed by atoms with E-state index in [4.69, 9.17) is 9.63 Å². The van der Waals surface area contributed by atoms with E-state index in [-0.39, 0.29) is 6.42 Å². The van der Waals surface area contributed by atoms with Crippen molar-refractivity contribution >= 4 is 5.97 Å². The quantitative estimate of drug-likeness (QED) is 0.778. The van der Waals surface area contributed by atoms with E-state index in [1.54, 1.807) is 0 Å². The summed E-state index contributed by atoms with van der Waals surface area (Å²) < 4.78 is 5.02. The van der Waals surface area contributed by atoms with Crippen LogP contribution in [0.5, 0.6) is 0 Å². The Hall–Kier alpha value is -1.43. The summed E-state index contributed by atoms with van der Waals surface area (Å²) in [5.41, 5.74) is 0. The standard InChI is InChI=1S/C10H15N3O3/c14-9(15)4-3-8-12-10(13-16-8)7-2-1-5-11-6-7/h7,11H,1-6H2,(H,14,15). The van der Waals surface area contributed by atoms with E-state index >= 15 is 0 Å². The van der Waals surface area contributed by atoms with Gasteiger partial charge < -0.3 is 14.9 Å². The first-order valence-corrected chi connectivity index (χ1v) is 5.50. The van der Waals surface area contributed by atoms with Gasteiger partial charge in [-0.15, -0.1) is 0 Å². The van der Waals surface area contributed by atoms with E-state index in [9.17, 15) is 4.79 Å². The van der Waals surface area contributed by atoms with Crippen molar-refractivity contribution in [3.8, 4) is 0 Å². The maximum Gasteiger partial charge on any atom is 0.303 e. The predicted octanol–water partition coefficient (Wildman–Crippen LogP) is 0.554. The van der Waals surface area contributed by atoms with Crippen LogP contribution in [0, 0.1) is 0 Å². The molecule has 0 aromatic carbocycles. The molecule has 1 atom stereocenters. The molecule has 0 bridgehead atoms. The van der Waals surface area contributed by atoms with Gasteiger partial charge in [0.15, 0.2) is 5.82 Å². The summed E-state index contributed by atoms with van der Waals surface area (Å²) in [6, 6.07) is 0. The van der Waals surface area contributed by atoms with Gasteiger partial charge in [0.2, 0.25) is 5.89 Å². The zero-order valence-corrected chi connectivity index (χ0v) is 8.98. The topological polar surface area (TPSA) is 88.2 Å². The van der Waals surface area contributed by atoms with Crippen LogP contribution < -0.4 is 5.32 Å². The lowest BCUT2D eigenvalue weighted by molar-refractivity contribution is -0.137. The lowest BCUT2D eigenvalue weighted by Gasteiger charge is -2.19. The second-order valence-corrected chi connectivity index (χ2v) is 3.98. The number of piperidine rings is 1. The lowest BCUT2D eigenvalue weighted by atomic mass is 9.99. The van der Waals surface area contributed by atoms with Gasteiger partial charge in [0, 0.05) is 18.9 Å². The summed E-state index contributed by atoms with van der Waals surface area (Å²) >= 11 is 0. The van der Waals surface area contributed by atoms with Gasteiger partial charge in [0.25, 0.3) is 0 Å². The van der Waals surface area contributed by atoms with Crippen molar-refractivity contribution in [2.24, 2.45) is 0 Å². The molecule has 1 saturated heterocycles. The van der Waals surface area contributed by atoms with E-state index < -0.39 is 5.97 Å². The summed E-state index contributed by atoms with van der Waals surface area (Å²) in [4.78, 5) is 14.6. The van der Waals surface area contributed by atoms with Gasteiger partial charge in [-0.2, -0.15) is 4.98 Å². The molecular formula is C10H15N3O3. The molecule has 0 spiro atoms. The third-order valence-corrected chi connectivity index (χ3v) is 2.70. The number of carboxylic acids is 1. The maximum atomic E-state index is 10.4. The van der Waals surface area contributed by atoms with Gasteiger partial charge in [-0.05, 0) is 19.4 Å². The molecule has 1 aliphatic rings. The highest BCUT2D eigenvalue weighted by atomic mass is 16.5. The predicted molar refractivity (Wildman–Crippen MR) is 55.1 cm³/mol. The second-order valence-electron chi connectivity index (χ2n) is 3.98. The van der Waals surface area contributed by atoms with E-state index in [2.05, 4.69) is 15.5 Å². The van der Waals surface area contributed by atoms with Crippen LogP contribution in [0.2, 0.25) is 0 Å². The minimum atomic E-state index is -0.848. The van der Waals surface area contributed by atoms with E-state index in [0.29, 0.717) is 24.1 Å². The summed E-state index contributed by atoms with van der Waals surface area (Å²) in [5, 5.41) is 15.7. The molecule has 2 rings (SSSR count). The molecule has 0 aliphatic carbocycles. The van der Waals surface area contributed by atoms with Crippen LogP contribution in [-0.2, 0) is 11.2 Å². The highest BCUT2D eigenvalue weighted by Crippen LogP contribution is 2.20. The molecule has 0 radical (unpaired) electrons. The summed E-state index contributed by atoms with van der Waals surface area (Å²) in [5.74, 6) is 0.575. The molecule has 0 saturated carbocycles. The number of rotatable bonds is 4. The van der Waals surface area contributed by atoms with Crippen molar-refractivity contribution < 1.29 is 14.4 Å². The van der Waals surface area contributed by atoms with Crippen molar-refractivity contribution in [2.75, 3.05) is 13.1 Å². The van der Waals surface area contributed by atoms with Gasteiger partial charge in [-0.1, -0.05) is 5.16 Å². The Morgan fingerprint density at radius 3 is 3.19 bits per heavy atom. The van der Waals surface area contributed by atoms with Crippen LogP contribution in [0.3, 0.4) is 0 Å². The van der Waals surface area contributed by atoms with Crippen LogP contribution in [0.1, 0.15) is 36.9 Å². The summed E-state index contributed by atoms with van der Waals surface area (Å²) in [7, 11) is 0. The first-order chi connectivity index (χ1) is 7.75. The van der Waals surface area contributed by atoms with Gasteiger partial charge in [0.05, 0.1) is 6.42 Å². The lowest BCUT2D eigenvalue weighted by Crippen LogP contribution is -2.28. The van der Waals surface area contributed by atoms with E-state index in [0.717, 1.165) is 25.9 Å². The Kier molecular flexibility index (Phi) is 3.51. The fourth-order valence-corrected chi connectivity index (χ4v) is 1.82. The number of aromatic nitrogens is 2. The molecule has 6 heteroatoms. The Morgan fingerprint density at radius 2 is 2.50 bits per heavy atom. The van der Waals surface area contributed by atoms with Crippen molar-refractivity contribution in [3.63, 3.8) is 0 Å². The third-order valence-electron chi connectivity index (χ3n) is 2.70. The smallest absolute Gasteiger partial charge is 0.303 e. The minimum Gasteiger partial charge on any atom is -0.481 e. The molecule has 1 aliphatic heterocycles. The maximum absolute atomic E-state index is 10.4. The zero-order valence-electron chi connectivity index (χ0n) is 8.98. The number of nitrogens with zero attached hydrogens (tertiary/aromatic N) is 2. The molecule has 2 N–H and O–H groups in total. The van der Waals surface area contributed by atoms with Crippen molar-refractivity contribution in [1.29, 1.82) is 0 Å². The average Bonchev–Trinajstić information content (AvgIpc) is 2.76. The fraction of sp³-hybridized carbons (Fsp3) is 0.700. The van der Waals surface area contributed by atoms with Gasteiger partial charge in [0.1, 0.15) is 0 Å². The van der Waals surface area contributed by atoms with Crippen LogP contribution in [-0.4, -0.2) is 34.3 Å². The second kappa shape index (κ2) is 5.07. The summed E-state index contributed by atoms with van der Waals surface area (Å²) in [6.45, 7) is 1.91. The summed E-state index contributed by atoms with van der Waals surface area (Å²) in [6.07, 6.45) is 2.52. The highest BCUT2D eigenvalue weighted by Gasteiger charge is 2.20. The van der Waals surface area contributed by atoms with Crippen molar-refractivity contribution in [1.82, 2.24) is 15.5 Å². The van der Waals surface area contributed by atoms with Gasteiger partial charge in [-0.3, -0.25) is 4.79 Å². The van der Waals surface area contributed by atoms with E-state index in [1.807, 2.05) is 0 Å². The third kappa shape index (κ3) is 2.79. The van der Waals surface area contributed by atoms with Crippen LogP contribution >= 0.6 is 0 Å². The molecule has 1 fully saturated rings. The normalized spacial score (nSPS) is 20.9.